The summed E-state index contributed by atoms with van der Waals surface area (Å²) in [7, 11) is 1.90. The van der Waals surface area contributed by atoms with Gasteiger partial charge in [0.2, 0.25) is 0 Å². The van der Waals surface area contributed by atoms with Gasteiger partial charge in [-0.3, -0.25) is 4.79 Å². The predicted octanol–water partition coefficient (Wildman–Crippen LogP) is 4.62. The van der Waals surface area contributed by atoms with E-state index in [4.69, 9.17) is 4.74 Å². The third-order valence-corrected chi connectivity index (χ3v) is 5.29. The fourth-order valence-corrected chi connectivity index (χ4v) is 3.50. The molecule has 134 valence electrons. The van der Waals surface area contributed by atoms with Crippen molar-refractivity contribution in [3.63, 3.8) is 0 Å². The van der Waals surface area contributed by atoms with E-state index in [0.717, 1.165) is 21.6 Å². The van der Waals surface area contributed by atoms with Crippen LogP contribution in [0, 0.1) is 0 Å². The Morgan fingerprint density at radius 1 is 1.19 bits per heavy atom. The fourth-order valence-electron chi connectivity index (χ4n) is 2.43. The van der Waals surface area contributed by atoms with Crippen molar-refractivity contribution < 1.29 is 9.53 Å². The van der Waals surface area contributed by atoms with Crippen LogP contribution in [0.2, 0.25) is 0 Å². The van der Waals surface area contributed by atoms with Gasteiger partial charge in [-0.15, -0.1) is 10.2 Å². The molecule has 0 fully saturated rings. The van der Waals surface area contributed by atoms with Crippen LogP contribution in [0.4, 0.5) is 0 Å². The van der Waals surface area contributed by atoms with E-state index in [1.807, 2.05) is 67.1 Å². The second-order valence-corrected chi connectivity index (χ2v) is 7.40. The molecule has 0 aliphatic carbocycles. The first-order chi connectivity index (χ1) is 12.6. The molecule has 0 N–H and O–H groups in total. The van der Waals surface area contributed by atoms with Gasteiger partial charge < -0.3 is 9.30 Å². The highest BCUT2D eigenvalue weighted by Crippen LogP contribution is 2.26. The van der Waals surface area contributed by atoms with Crippen LogP contribution in [0.1, 0.15) is 17.3 Å². The molecular weight excluding hydrogens is 414 g/mol. The van der Waals surface area contributed by atoms with Gasteiger partial charge in [0.25, 0.3) is 0 Å². The number of halogens is 1. The Morgan fingerprint density at radius 3 is 2.69 bits per heavy atom. The molecule has 1 aromatic heterocycles. The second kappa shape index (κ2) is 8.51. The molecule has 3 rings (SSSR count). The lowest BCUT2D eigenvalue weighted by atomic mass is 10.2. The Kier molecular flexibility index (Phi) is 6.11. The number of carbonyl (C=O) groups excluding carboxylic acids is 1. The maximum absolute atomic E-state index is 12.3. The summed E-state index contributed by atoms with van der Waals surface area (Å²) in [5, 5.41) is 9.19. The van der Waals surface area contributed by atoms with Gasteiger partial charge in [-0.05, 0) is 31.2 Å². The summed E-state index contributed by atoms with van der Waals surface area (Å²) < 4.78 is 8.39. The van der Waals surface area contributed by atoms with Crippen molar-refractivity contribution >= 4 is 33.5 Å². The number of hydrogen-bond acceptors (Lipinski definition) is 5. The molecule has 0 aliphatic heterocycles. The number of rotatable bonds is 7. The number of thioether (sulfide) groups is 1. The summed E-state index contributed by atoms with van der Waals surface area (Å²) in [4.78, 5) is 12.3. The standard InChI is InChI=1S/C19H18BrN3O2S/c1-3-25-16-6-4-5-14(11-16)18-21-22-19(23(18)2)26-12-17(24)13-7-9-15(20)10-8-13/h4-11H,3,12H2,1-2H3. The lowest BCUT2D eigenvalue weighted by Gasteiger charge is -2.06. The minimum atomic E-state index is 0.0605. The molecule has 0 radical (unpaired) electrons. The molecule has 0 aliphatic rings. The van der Waals surface area contributed by atoms with E-state index >= 15 is 0 Å². The average Bonchev–Trinajstić information content (AvgIpc) is 3.01. The molecule has 3 aromatic rings. The molecule has 0 unspecified atom stereocenters. The zero-order valence-electron chi connectivity index (χ0n) is 14.5. The van der Waals surface area contributed by atoms with Crippen LogP contribution in [0.25, 0.3) is 11.4 Å². The molecular formula is C19H18BrN3O2S. The van der Waals surface area contributed by atoms with Gasteiger partial charge in [0.1, 0.15) is 5.75 Å². The number of aromatic nitrogens is 3. The molecule has 2 aromatic carbocycles. The van der Waals surface area contributed by atoms with Gasteiger partial charge >= 0.3 is 0 Å². The number of benzene rings is 2. The Hall–Kier alpha value is -2.12. The number of hydrogen-bond donors (Lipinski definition) is 0. The quantitative estimate of drug-likeness (QED) is 0.403. The van der Waals surface area contributed by atoms with Crippen molar-refractivity contribution in [1.82, 2.24) is 14.8 Å². The van der Waals surface area contributed by atoms with Crippen molar-refractivity contribution in [2.75, 3.05) is 12.4 Å². The first kappa shape index (κ1) is 18.7. The third kappa shape index (κ3) is 4.34. The molecule has 0 saturated heterocycles. The van der Waals surface area contributed by atoms with Gasteiger partial charge in [-0.2, -0.15) is 0 Å². The van der Waals surface area contributed by atoms with E-state index in [-0.39, 0.29) is 5.78 Å². The summed E-state index contributed by atoms with van der Waals surface area (Å²) in [6.45, 7) is 2.56. The van der Waals surface area contributed by atoms with E-state index in [1.165, 1.54) is 11.8 Å². The summed E-state index contributed by atoms with van der Waals surface area (Å²) in [6.07, 6.45) is 0. The lowest BCUT2D eigenvalue weighted by molar-refractivity contribution is 0.102. The lowest BCUT2D eigenvalue weighted by Crippen LogP contribution is -2.03. The van der Waals surface area contributed by atoms with Crippen LogP contribution >= 0.6 is 27.7 Å². The summed E-state index contributed by atoms with van der Waals surface area (Å²) >= 11 is 4.75. The smallest absolute Gasteiger partial charge is 0.191 e. The van der Waals surface area contributed by atoms with Crippen molar-refractivity contribution in [1.29, 1.82) is 0 Å². The molecule has 0 amide bonds. The van der Waals surface area contributed by atoms with Crippen LogP contribution < -0.4 is 4.74 Å². The van der Waals surface area contributed by atoms with Gasteiger partial charge in [0, 0.05) is 22.6 Å². The van der Waals surface area contributed by atoms with Crippen molar-refractivity contribution in [2.45, 2.75) is 12.1 Å². The molecule has 0 saturated carbocycles. The van der Waals surface area contributed by atoms with E-state index in [2.05, 4.69) is 26.1 Å². The average molecular weight is 432 g/mol. The Bertz CT molecular complexity index is 909. The van der Waals surface area contributed by atoms with E-state index in [0.29, 0.717) is 23.1 Å². The Morgan fingerprint density at radius 2 is 1.96 bits per heavy atom. The normalized spacial score (nSPS) is 10.7. The van der Waals surface area contributed by atoms with Gasteiger partial charge in [-0.25, -0.2) is 0 Å². The minimum absolute atomic E-state index is 0.0605. The largest absolute Gasteiger partial charge is 0.494 e. The first-order valence-corrected chi connectivity index (χ1v) is 9.90. The van der Waals surface area contributed by atoms with Crippen LogP contribution in [0.5, 0.6) is 5.75 Å². The van der Waals surface area contributed by atoms with Crippen LogP contribution in [0.3, 0.4) is 0 Å². The third-order valence-electron chi connectivity index (χ3n) is 3.74. The van der Waals surface area contributed by atoms with Crippen molar-refractivity contribution in [3.05, 3.63) is 58.6 Å². The molecule has 1 heterocycles. The Labute approximate surface area is 164 Å². The Balaban J connectivity index is 1.72. The van der Waals surface area contributed by atoms with Crippen molar-refractivity contribution in [2.24, 2.45) is 7.05 Å². The second-order valence-electron chi connectivity index (χ2n) is 5.54. The van der Waals surface area contributed by atoms with Crippen LogP contribution in [0.15, 0.2) is 58.2 Å². The number of carbonyl (C=O) groups is 1. The van der Waals surface area contributed by atoms with Crippen LogP contribution in [-0.2, 0) is 7.05 Å². The van der Waals surface area contributed by atoms with Gasteiger partial charge in [0.15, 0.2) is 16.8 Å². The maximum Gasteiger partial charge on any atom is 0.191 e. The highest BCUT2D eigenvalue weighted by molar-refractivity contribution is 9.10. The number of Topliss-reactive ketones (excluding diaryl/α,β-unsaturated/α-hetero) is 1. The van der Waals surface area contributed by atoms with E-state index < -0.39 is 0 Å². The molecule has 0 atom stereocenters. The highest BCUT2D eigenvalue weighted by Gasteiger charge is 2.14. The SMILES string of the molecule is CCOc1cccc(-c2nnc(SCC(=O)c3ccc(Br)cc3)n2C)c1. The summed E-state index contributed by atoms with van der Waals surface area (Å²) in [6, 6.07) is 15.1. The number of ether oxygens (including phenoxy) is 1. The van der Waals surface area contributed by atoms with Crippen molar-refractivity contribution in [3.8, 4) is 17.1 Å². The summed E-state index contributed by atoms with van der Waals surface area (Å²) in [5.41, 5.74) is 1.62. The number of nitrogens with zero attached hydrogens (tertiary/aromatic N) is 3. The maximum atomic E-state index is 12.3. The first-order valence-electron chi connectivity index (χ1n) is 8.12. The highest BCUT2D eigenvalue weighted by atomic mass is 79.9. The van der Waals surface area contributed by atoms with E-state index in [9.17, 15) is 4.79 Å². The molecule has 7 heteroatoms. The predicted molar refractivity (Wildman–Crippen MR) is 107 cm³/mol. The monoisotopic (exact) mass is 431 g/mol. The molecule has 26 heavy (non-hydrogen) atoms. The summed E-state index contributed by atoms with van der Waals surface area (Å²) in [5.74, 6) is 1.91. The molecule has 5 nitrogen and oxygen atoms in total. The molecule has 0 bridgehead atoms. The zero-order chi connectivity index (χ0) is 18.5. The molecule has 0 spiro atoms. The van der Waals surface area contributed by atoms with Crippen LogP contribution in [-0.4, -0.2) is 32.9 Å². The van der Waals surface area contributed by atoms with E-state index in [1.54, 1.807) is 0 Å². The van der Waals surface area contributed by atoms with Gasteiger partial charge in [0.05, 0.1) is 12.4 Å². The topological polar surface area (TPSA) is 57.0 Å². The minimum Gasteiger partial charge on any atom is -0.494 e. The number of ketones is 1. The fraction of sp³-hybridized carbons (Fsp3) is 0.211. The van der Waals surface area contributed by atoms with Gasteiger partial charge in [-0.1, -0.05) is 52.0 Å². The zero-order valence-corrected chi connectivity index (χ0v) is 16.9.